The SMILES string of the molecule is O=C(C1CC1)N1CCc2nc3cc([C@H]4CCCCN4Cc4ccc(F)cc4)[nH]n3c(=O)c2C1. The number of halogens is 1. The number of aromatic amines is 1. The van der Waals surface area contributed by atoms with Gasteiger partial charge in [0, 0.05) is 31.5 Å². The van der Waals surface area contributed by atoms with E-state index in [9.17, 15) is 14.0 Å². The number of hydrogen-bond donors (Lipinski definition) is 1. The van der Waals surface area contributed by atoms with Crippen LogP contribution in [-0.4, -0.2) is 43.4 Å². The highest BCUT2D eigenvalue weighted by atomic mass is 19.1. The van der Waals surface area contributed by atoms with Gasteiger partial charge in [-0.2, -0.15) is 0 Å². The van der Waals surface area contributed by atoms with E-state index in [1.165, 1.54) is 12.1 Å². The lowest BCUT2D eigenvalue weighted by molar-refractivity contribution is -0.133. The van der Waals surface area contributed by atoms with Gasteiger partial charge in [0.15, 0.2) is 5.65 Å². The number of nitrogens with zero attached hydrogens (tertiary/aromatic N) is 4. The lowest BCUT2D eigenvalue weighted by atomic mass is 9.98. The van der Waals surface area contributed by atoms with Crippen LogP contribution in [0.25, 0.3) is 5.65 Å². The number of carbonyl (C=O) groups is 1. The standard InChI is InChI=1S/C25H28FN5O2/c26-18-8-4-16(5-9-18)14-29-11-2-1-3-22(29)21-13-23-27-20-10-12-30(24(32)17-6-7-17)15-19(20)25(33)31(23)28-21/h4-5,8-9,13,17,22,28H,1-3,6-7,10-12,14-15H2/t22-/m1/s1. The number of H-pyrrole nitrogens is 1. The summed E-state index contributed by atoms with van der Waals surface area (Å²) in [6, 6.07) is 8.82. The predicted octanol–water partition coefficient (Wildman–Crippen LogP) is 3.18. The molecular formula is C25H28FN5O2. The number of hydrogen-bond acceptors (Lipinski definition) is 4. The molecule has 1 aliphatic carbocycles. The Labute approximate surface area is 191 Å². The molecule has 1 saturated carbocycles. The van der Waals surface area contributed by atoms with E-state index in [2.05, 4.69) is 10.00 Å². The molecule has 1 N–H and O–H groups in total. The third-order valence-corrected chi connectivity index (χ3v) is 7.29. The Morgan fingerprint density at radius 1 is 1.12 bits per heavy atom. The van der Waals surface area contributed by atoms with Gasteiger partial charge in [-0.15, -0.1) is 0 Å². The van der Waals surface area contributed by atoms with Gasteiger partial charge in [0.25, 0.3) is 5.56 Å². The molecule has 0 unspecified atom stereocenters. The van der Waals surface area contributed by atoms with Crippen molar-refractivity contribution < 1.29 is 9.18 Å². The van der Waals surface area contributed by atoms with Crippen molar-refractivity contribution in [3.05, 3.63) is 69.0 Å². The molecule has 0 spiro atoms. The molecule has 3 aromatic rings. The third kappa shape index (κ3) is 3.86. The molecule has 1 aromatic carbocycles. The van der Waals surface area contributed by atoms with Crippen molar-refractivity contribution in [2.75, 3.05) is 13.1 Å². The molecule has 1 amide bonds. The number of piperidine rings is 1. The lowest BCUT2D eigenvalue weighted by Gasteiger charge is -2.35. The van der Waals surface area contributed by atoms with Crippen molar-refractivity contribution >= 4 is 11.6 Å². The summed E-state index contributed by atoms with van der Waals surface area (Å²) in [6.07, 6.45) is 5.79. The fourth-order valence-corrected chi connectivity index (χ4v) is 5.30. The second-order valence-electron chi connectivity index (χ2n) is 9.64. The predicted molar refractivity (Wildman–Crippen MR) is 121 cm³/mol. The Morgan fingerprint density at radius 2 is 1.94 bits per heavy atom. The first-order valence-electron chi connectivity index (χ1n) is 12.0. The molecule has 2 aliphatic heterocycles. The minimum absolute atomic E-state index is 0.101. The fraction of sp³-hybridized carbons (Fsp3) is 0.480. The molecular weight excluding hydrogens is 421 g/mol. The molecule has 0 radical (unpaired) electrons. The Bertz CT molecular complexity index is 1260. The summed E-state index contributed by atoms with van der Waals surface area (Å²) in [7, 11) is 0. The average Bonchev–Trinajstić information content (AvgIpc) is 3.60. The van der Waals surface area contributed by atoms with E-state index in [1.807, 2.05) is 23.1 Å². The molecule has 3 aliphatic rings. The van der Waals surface area contributed by atoms with Crippen LogP contribution in [0.4, 0.5) is 4.39 Å². The fourth-order valence-electron chi connectivity index (χ4n) is 5.30. The topological polar surface area (TPSA) is 73.7 Å². The second-order valence-corrected chi connectivity index (χ2v) is 9.64. The van der Waals surface area contributed by atoms with Crippen LogP contribution in [0.5, 0.6) is 0 Å². The van der Waals surface area contributed by atoms with Gasteiger partial charge >= 0.3 is 0 Å². The molecule has 6 rings (SSSR count). The molecule has 172 valence electrons. The third-order valence-electron chi connectivity index (χ3n) is 7.29. The van der Waals surface area contributed by atoms with Crippen molar-refractivity contribution in [1.29, 1.82) is 0 Å². The van der Waals surface area contributed by atoms with Gasteiger partial charge in [0.2, 0.25) is 5.91 Å². The van der Waals surface area contributed by atoms with Crippen LogP contribution >= 0.6 is 0 Å². The molecule has 2 fully saturated rings. The molecule has 8 heteroatoms. The number of amides is 1. The summed E-state index contributed by atoms with van der Waals surface area (Å²) in [5.41, 5.74) is 4.05. The zero-order valence-electron chi connectivity index (χ0n) is 18.6. The number of carbonyl (C=O) groups excluding carboxylic acids is 1. The normalized spacial score (nSPS) is 21.4. The van der Waals surface area contributed by atoms with E-state index in [0.29, 0.717) is 30.7 Å². The van der Waals surface area contributed by atoms with Crippen molar-refractivity contribution in [2.24, 2.45) is 5.92 Å². The molecule has 1 atom stereocenters. The van der Waals surface area contributed by atoms with E-state index in [0.717, 1.165) is 62.1 Å². The van der Waals surface area contributed by atoms with Crippen LogP contribution in [-0.2, 0) is 24.3 Å². The van der Waals surface area contributed by atoms with E-state index >= 15 is 0 Å². The number of nitrogens with one attached hydrogen (secondary N) is 1. The van der Waals surface area contributed by atoms with Gasteiger partial charge < -0.3 is 4.90 Å². The molecule has 33 heavy (non-hydrogen) atoms. The summed E-state index contributed by atoms with van der Waals surface area (Å²) in [4.78, 5) is 34.9. The minimum atomic E-state index is -0.226. The Morgan fingerprint density at radius 3 is 2.73 bits per heavy atom. The highest BCUT2D eigenvalue weighted by molar-refractivity contribution is 5.81. The minimum Gasteiger partial charge on any atom is -0.337 e. The summed E-state index contributed by atoms with van der Waals surface area (Å²) in [6.45, 7) is 2.68. The maximum atomic E-state index is 13.3. The van der Waals surface area contributed by atoms with Crippen molar-refractivity contribution in [3.63, 3.8) is 0 Å². The summed E-state index contributed by atoms with van der Waals surface area (Å²) in [5, 5.41) is 3.32. The van der Waals surface area contributed by atoms with Gasteiger partial charge in [0.1, 0.15) is 5.82 Å². The van der Waals surface area contributed by atoms with E-state index < -0.39 is 0 Å². The lowest BCUT2D eigenvalue weighted by Crippen LogP contribution is -2.41. The number of rotatable bonds is 4. The van der Waals surface area contributed by atoms with Crippen LogP contribution < -0.4 is 5.56 Å². The zero-order chi connectivity index (χ0) is 22.5. The summed E-state index contributed by atoms with van der Waals surface area (Å²) < 4.78 is 14.9. The van der Waals surface area contributed by atoms with E-state index in [-0.39, 0.29) is 29.2 Å². The van der Waals surface area contributed by atoms with E-state index in [1.54, 1.807) is 4.52 Å². The summed E-state index contributed by atoms with van der Waals surface area (Å²) >= 11 is 0. The van der Waals surface area contributed by atoms with Gasteiger partial charge in [0.05, 0.1) is 29.5 Å². The molecule has 7 nitrogen and oxygen atoms in total. The van der Waals surface area contributed by atoms with Crippen molar-refractivity contribution in [2.45, 2.75) is 57.7 Å². The van der Waals surface area contributed by atoms with Gasteiger partial charge in [-0.25, -0.2) is 13.9 Å². The van der Waals surface area contributed by atoms with Crippen molar-refractivity contribution in [3.8, 4) is 0 Å². The van der Waals surface area contributed by atoms with Crippen LogP contribution in [0.3, 0.4) is 0 Å². The second kappa shape index (κ2) is 8.09. The first-order valence-corrected chi connectivity index (χ1v) is 12.0. The Kier molecular flexibility index (Phi) is 5.05. The van der Waals surface area contributed by atoms with Gasteiger partial charge in [-0.3, -0.25) is 19.6 Å². The first kappa shape index (κ1) is 20.6. The number of fused-ring (bicyclic) bond motifs is 2. The zero-order valence-corrected chi connectivity index (χ0v) is 18.6. The van der Waals surface area contributed by atoms with Gasteiger partial charge in [-0.1, -0.05) is 18.6 Å². The summed E-state index contributed by atoms with van der Waals surface area (Å²) in [5.74, 6) is 0.105. The van der Waals surface area contributed by atoms with Crippen LogP contribution in [0.1, 0.15) is 60.7 Å². The smallest absolute Gasteiger partial charge is 0.277 e. The largest absolute Gasteiger partial charge is 0.337 e. The number of aromatic nitrogens is 3. The monoisotopic (exact) mass is 449 g/mol. The van der Waals surface area contributed by atoms with Crippen LogP contribution in [0.15, 0.2) is 35.1 Å². The average molecular weight is 450 g/mol. The first-order chi connectivity index (χ1) is 16.1. The van der Waals surface area contributed by atoms with Crippen LogP contribution in [0.2, 0.25) is 0 Å². The maximum Gasteiger partial charge on any atom is 0.277 e. The molecule has 1 saturated heterocycles. The highest BCUT2D eigenvalue weighted by Gasteiger charge is 2.36. The molecule has 2 aromatic heterocycles. The quantitative estimate of drug-likeness (QED) is 0.664. The maximum absolute atomic E-state index is 13.3. The van der Waals surface area contributed by atoms with Crippen LogP contribution in [0, 0.1) is 11.7 Å². The Balaban J connectivity index is 1.30. The molecule has 0 bridgehead atoms. The highest BCUT2D eigenvalue weighted by Crippen LogP contribution is 2.33. The van der Waals surface area contributed by atoms with Gasteiger partial charge in [-0.05, 0) is 49.9 Å². The number of likely N-dealkylation sites (tertiary alicyclic amines) is 1. The van der Waals surface area contributed by atoms with E-state index in [4.69, 9.17) is 4.98 Å². The Hall–Kier alpha value is -3.00. The molecule has 4 heterocycles. The van der Waals surface area contributed by atoms with Crippen molar-refractivity contribution in [1.82, 2.24) is 24.4 Å². The number of benzene rings is 1.